The van der Waals surface area contributed by atoms with E-state index in [1.165, 1.54) is 4.90 Å². The third-order valence-corrected chi connectivity index (χ3v) is 5.29. The van der Waals surface area contributed by atoms with Crippen LogP contribution in [0.15, 0.2) is 70.1 Å². The molecule has 8 nitrogen and oxygen atoms in total. The Bertz CT molecular complexity index is 1330. The molecule has 0 radical (unpaired) electrons. The number of hydrogen-bond donors (Lipinski definition) is 2. The minimum atomic E-state index is -0.338. The molecular weight excluding hydrogens is 410 g/mol. The van der Waals surface area contributed by atoms with Crippen molar-refractivity contribution in [1.29, 1.82) is 0 Å². The van der Waals surface area contributed by atoms with Gasteiger partial charge in [-0.25, -0.2) is 4.79 Å². The average Bonchev–Trinajstić information content (AvgIpc) is 3.45. The van der Waals surface area contributed by atoms with Gasteiger partial charge < -0.3 is 29.1 Å². The van der Waals surface area contributed by atoms with E-state index >= 15 is 0 Å². The SMILES string of the molecule is Cc1ccc(NC(=O)N(Cc2ccco2)Cc2cc3cc4c(cc3[nH]c2=O)OCO4)cc1. The van der Waals surface area contributed by atoms with Crippen molar-refractivity contribution < 1.29 is 18.7 Å². The van der Waals surface area contributed by atoms with Gasteiger partial charge in [-0.3, -0.25) is 4.79 Å². The highest BCUT2D eigenvalue weighted by Crippen LogP contribution is 2.35. The Kier molecular flexibility index (Phi) is 5.03. The average molecular weight is 431 g/mol. The molecule has 32 heavy (non-hydrogen) atoms. The van der Waals surface area contributed by atoms with Crippen LogP contribution >= 0.6 is 0 Å². The third-order valence-electron chi connectivity index (χ3n) is 5.29. The van der Waals surface area contributed by atoms with Crippen LogP contribution in [0.3, 0.4) is 0 Å². The Morgan fingerprint density at radius 1 is 1.06 bits per heavy atom. The van der Waals surface area contributed by atoms with Crippen molar-refractivity contribution in [2.45, 2.75) is 20.0 Å². The van der Waals surface area contributed by atoms with E-state index < -0.39 is 0 Å². The summed E-state index contributed by atoms with van der Waals surface area (Å²) in [6.07, 6.45) is 1.55. The van der Waals surface area contributed by atoms with E-state index in [0.717, 1.165) is 10.9 Å². The number of carbonyl (C=O) groups excluding carboxylic acids is 1. The number of aromatic amines is 1. The van der Waals surface area contributed by atoms with Crippen LogP contribution < -0.4 is 20.3 Å². The number of aryl methyl sites for hydroxylation is 1. The quantitative estimate of drug-likeness (QED) is 0.488. The van der Waals surface area contributed by atoms with Crippen molar-refractivity contribution in [3.05, 3.63) is 88.1 Å². The van der Waals surface area contributed by atoms with Crippen LogP contribution in [0.5, 0.6) is 11.5 Å². The maximum Gasteiger partial charge on any atom is 0.322 e. The van der Waals surface area contributed by atoms with Gasteiger partial charge in [0.15, 0.2) is 11.5 Å². The number of anilines is 1. The molecule has 162 valence electrons. The monoisotopic (exact) mass is 431 g/mol. The van der Waals surface area contributed by atoms with Gasteiger partial charge in [-0.1, -0.05) is 17.7 Å². The van der Waals surface area contributed by atoms with Crippen LogP contribution in [-0.4, -0.2) is 22.7 Å². The smallest absolute Gasteiger partial charge is 0.322 e. The highest BCUT2D eigenvalue weighted by atomic mass is 16.7. The van der Waals surface area contributed by atoms with E-state index in [4.69, 9.17) is 13.9 Å². The van der Waals surface area contributed by atoms with Gasteiger partial charge in [0, 0.05) is 22.7 Å². The number of nitrogens with zero attached hydrogens (tertiary/aromatic N) is 1. The molecule has 0 saturated carbocycles. The molecule has 0 bridgehead atoms. The van der Waals surface area contributed by atoms with Gasteiger partial charge in [-0.05, 0) is 43.3 Å². The molecule has 0 spiro atoms. The lowest BCUT2D eigenvalue weighted by molar-refractivity contribution is 0.174. The molecule has 2 N–H and O–H groups in total. The fourth-order valence-corrected chi connectivity index (χ4v) is 3.59. The number of aromatic nitrogens is 1. The van der Waals surface area contributed by atoms with Crippen molar-refractivity contribution in [3.8, 4) is 11.5 Å². The van der Waals surface area contributed by atoms with Gasteiger partial charge in [0.25, 0.3) is 5.56 Å². The summed E-state index contributed by atoms with van der Waals surface area (Å²) in [5.74, 6) is 1.84. The van der Waals surface area contributed by atoms with E-state index in [1.807, 2.05) is 37.3 Å². The summed E-state index contributed by atoms with van der Waals surface area (Å²) in [7, 11) is 0. The van der Waals surface area contributed by atoms with Crippen LogP contribution in [0.2, 0.25) is 0 Å². The summed E-state index contributed by atoms with van der Waals surface area (Å²) in [6.45, 7) is 2.44. The number of rotatable bonds is 5. The van der Waals surface area contributed by atoms with Crippen molar-refractivity contribution in [2.75, 3.05) is 12.1 Å². The van der Waals surface area contributed by atoms with E-state index in [-0.39, 0.29) is 31.5 Å². The van der Waals surface area contributed by atoms with E-state index in [0.29, 0.717) is 34.0 Å². The summed E-state index contributed by atoms with van der Waals surface area (Å²) in [6, 6.07) is 16.1. The zero-order valence-electron chi connectivity index (χ0n) is 17.4. The Labute approximate surface area is 183 Å². The van der Waals surface area contributed by atoms with E-state index in [9.17, 15) is 9.59 Å². The molecule has 0 fully saturated rings. The predicted molar refractivity (Wildman–Crippen MR) is 119 cm³/mol. The summed E-state index contributed by atoms with van der Waals surface area (Å²) < 4.78 is 16.2. The molecule has 5 rings (SSSR count). The highest BCUT2D eigenvalue weighted by Gasteiger charge is 2.20. The first-order valence-corrected chi connectivity index (χ1v) is 10.2. The van der Waals surface area contributed by atoms with Gasteiger partial charge in [0.2, 0.25) is 6.79 Å². The molecule has 0 aliphatic carbocycles. The maximum absolute atomic E-state index is 13.1. The Morgan fingerprint density at radius 2 is 1.84 bits per heavy atom. The second-order valence-corrected chi connectivity index (χ2v) is 7.65. The summed E-state index contributed by atoms with van der Waals surface area (Å²) in [4.78, 5) is 30.3. The molecule has 2 aromatic carbocycles. The van der Waals surface area contributed by atoms with Crippen LogP contribution in [0, 0.1) is 6.92 Å². The molecule has 4 aromatic rings. The lowest BCUT2D eigenvalue weighted by Gasteiger charge is -2.22. The van der Waals surface area contributed by atoms with Crippen molar-refractivity contribution in [2.24, 2.45) is 0 Å². The minimum Gasteiger partial charge on any atom is -0.467 e. The molecule has 2 aromatic heterocycles. The van der Waals surface area contributed by atoms with Crippen LogP contribution in [-0.2, 0) is 13.1 Å². The number of hydrogen-bond acceptors (Lipinski definition) is 5. The number of amides is 2. The first-order valence-electron chi connectivity index (χ1n) is 10.2. The zero-order valence-corrected chi connectivity index (χ0v) is 17.4. The number of furan rings is 1. The van der Waals surface area contributed by atoms with Crippen LogP contribution in [0.4, 0.5) is 10.5 Å². The van der Waals surface area contributed by atoms with Crippen LogP contribution in [0.1, 0.15) is 16.9 Å². The Hall–Kier alpha value is -4.20. The molecular formula is C24H21N3O5. The van der Waals surface area contributed by atoms with Gasteiger partial charge in [-0.2, -0.15) is 0 Å². The fourth-order valence-electron chi connectivity index (χ4n) is 3.59. The Morgan fingerprint density at radius 3 is 2.59 bits per heavy atom. The topological polar surface area (TPSA) is 96.8 Å². The number of benzene rings is 2. The van der Waals surface area contributed by atoms with E-state index in [1.54, 1.807) is 30.5 Å². The van der Waals surface area contributed by atoms with Gasteiger partial charge in [-0.15, -0.1) is 0 Å². The van der Waals surface area contributed by atoms with Crippen LogP contribution in [0.25, 0.3) is 10.9 Å². The first kappa shape index (κ1) is 19.7. The van der Waals surface area contributed by atoms with Gasteiger partial charge in [0.1, 0.15) is 5.76 Å². The number of pyridine rings is 1. The van der Waals surface area contributed by atoms with Gasteiger partial charge in [0.05, 0.1) is 24.9 Å². The number of urea groups is 1. The summed E-state index contributed by atoms with van der Waals surface area (Å²) >= 11 is 0. The molecule has 0 atom stereocenters. The highest BCUT2D eigenvalue weighted by molar-refractivity contribution is 5.89. The number of ether oxygens (including phenoxy) is 2. The van der Waals surface area contributed by atoms with Crippen molar-refractivity contribution in [1.82, 2.24) is 9.88 Å². The number of fused-ring (bicyclic) bond motifs is 2. The first-order chi connectivity index (χ1) is 15.5. The minimum absolute atomic E-state index is 0.0953. The maximum atomic E-state index is 13.1. The molecule has 1 aliphatic heterocycles. The number of H-pyrrole nitrogens is 1. The largest absolute Gasteiger partial charge is 0.467 e. The lowest BCUT2D eigenvalue weighted by Crippen LogP contribution is -2.35. The standard InChI is InChI=1S/C24H21N3O5/c1-15-4-6-18(7-5-15)25-24(29)27(13-19-3-2-8-30-19)12-17-9-16-10-21-22(32-14-31-21)11-20(16)26-23(17)28/h2-11H,12-14H2,1H3,(H,25,29)(H,26,28). The lowest BCUT2D eigenvalue weighted by atomic mass is 10.1. The number of carbonyl (C=O) groups is 1. The molecule has 0 saturated heterocycles. The molecule has 3 heterocycles. The van der Waals surface area contributed by atoms with Crippen molar-refractivity contribution in [3.63, 3.8) is 0 Å². The Balaban J connectivity index is 1.44. The molecule has 8 heteroatoms. The van der Waals surface area contributed by atoms with E-state index in [2.05, 4.69) is 10.3 Å². The summed E-state index contributed by atoms with van der Waals surface area (Å²) in [5.41, 5.74) is 2.58. The second-order valence-electron chi connectivity index (χ2n) is 7.65. The number of nitrogens with one attached hydrogen (secondary N) is 2. The molecule has 2 amide bonds. The van der Waals surface area contributed by atoms with Crippen molar-refractivity contribution >= 4 is 22.6 Å². The normalized spacial score (nSPS) is 12.2. The second kappa shape index (κ2) is 8.14. The predicted octanol–water partition coefficient (Wildman–Crippen LogP) is 4.39. The molecule has 1 aliphatic rings. The zero-order chi connectivity index (χ0) is 22.1. The third kappa shape index (κ3) is 4.02. The summed E-state index contributed by atoms with van der Waals surface area (Å²) in [5, 5.41) is 3.68. The molecule has 0 unspecified atom stereocenters. The van der Waals surface area contributed by atoms with Gasteiger partial charge >= 0.3 is 6.03 Å². The fraction of sp³-hybridized carbons (Fsp3) is 0.167.